The van der Waals surface area contributed by atoms with Crippen molar-refractivity contribution in [2.75, 3.05) is 44.7 Å². The lowest BCUT2D eigenvalue weighted by Crippen LogP contribution is -2.51. The maximum Gasteiger partial charge on any atom is 0.251 e. The van der Waals surface area contributed by atoms with Crippen molar-refractivity contribution < 1.29 is 4.79 Å². The van der Waals surface area contributed by atoms with Gasteiger partial charge < -0.3 is 4.90 Å². The van der Waals surface area contributed by atoms with Gasteiger partial charge in [0.25, 0.3) is 5.91 Å². The van der Waals surface area contributed by atoms with Crippen molar-refractivity contribution in [2.24, 2.45) is 0 Å². The molecule has 25 heavy (non-hydrogen) atoms. The lowest BCUT2D eigenvalue weighted by Gasteiger charge is -2.39. The Morgan fingerprint density at radius 1 is 1.04 bits per heavy atom. The Hall–Kier alpha value is -2.25. The Kier molecular flexibility index (Phi) is 4.50. The number of anilines is 1. The number of aromatic nitrogens is 3. The van der Waals surface area contributed by atoms with Crippen LogP contribution in [-0.2, 0) is 11.3 Å². The predicted octanol–water partition coefficient (Wildman–Crippen LogP) is 1.00. The summed E-state index contributed by atoms with van der Waals surface area (Å²) in [4.78, 5) is 24.3. The van der Waals surface area contributed by atoms with E-state index < -0.39 is 0 Å². The zero-order valence-corrected chi connectivity index (χ0v) is 14.6. The molecule has 0 saturated carbocycles. The molecule has 0 spiro atoms. The van der Waals surface area contributed by atoms with Crippen LogP contribution >= 0.6 is 0 Å². The maximum atomic E-state index is 13.5. The van der Waals surface area contributed by atoms with Gasteiger partial charge in [0.1, 0.15) is 12.4 Å². The first kappa shape index (κ1) is 16.2. The fourth-order valence-electron chi connectivity index (χ4n) is 3.68. The molecule has 0 N–H and O–H groups in total. The largest absolute Gasteiger partial charge is 0.304 e. The molecular weight excluding hydrogens is 316 g/mol. The summed E-state index contributed by atoms with van der Waals surface area (Å²) in [6.45, 7) is 5.27. The Morgan fingerprint density at radius 3 is 2.56 bits per heavy atom. The van der Waals surface area contributed by atoms with Crippen molar-refractivity contribution in [1.82, 2.24) is 24.6 Å². The summed E-state index contributed by atoms with van der Waals surface area (Å²) in [5, 5.41) is 4.24. The minimum Gasteiger partial charge on any atom is -0.304 e. The van der Waals surface area contributed by atoms with E-state index in [2.05, 4.69) is 39.1 Å². The zero-order chi connectivity index (χ0) is 17.2. The van der Waals surface area contributed by atoms with Gasteiger partial charge in [-0.15, -0.1) is 0 Å². The van der Waals surface area contributed by atoms with Crippen LogP contribution in [0.25, 0.3) is 0 Å². The van der Waals surface area contributed by atoms with E-state index in [1.165, 1.54) is 6.33 Å². The number of carbonyl (C=O) groups is 1. The molecule has 7 nitrogen and oxygen atoms in total. The van der Waals surface area contributed by atoms with Crippen LogP contribution in [0.4, 0.5) is 5.95 Å². The summed E-state index contributed by atoms with van der Waals surface area (Å²) in [5.74, 6) is 0.774. The van der Waals surface area contributed by atoms with E-state index >= 15 is 0 Å². The number of piperazine rings is 1. The van der Waals surface area contributed by atoms with Gasteiger partial charge in [-0.3, -0.25) is 14.6 Å². The quantitative estimate of drug-likeness (QED) is 0.834. The van der Waals surface area contributed by atoms with E-state index in [0.717, 1.165) is 44.7 Å². The van der Waals surface area contributed by atoms with Crippen molar-refractivity contribution in [3.63, 3.8) is 0 Å². The van der Waals surface area contributed by atoms with Crippen LogP contribution in [-0.4, -0.2) is 70.2 Å². The lowest BCUT2D eigenvalue weighted by atomic mass is 10.0. The molecule has 7 heteroatoms. The second-order valence-electron chi connectivity index (χ2n) is 6.78. The fourth-order valence-corrected chi connectivity index (χ4v) is 3.68. The van der Waals surface area contributed by atoms with Gasteiger partial charge in [-0.2, -0.15) is 10.1 Å². The molecule has 1 aromatic carbocycles. The van der Waals surface area contributed by atoms with Crippen molar-refractivity contribution in [3.8, 4) is 0 Å². The molecule has 2 aromatic rings. The Morgan fingerprint density at radius 2 is 1.80 bits per heavy atom. The zero-order valence-electron chi connectivity index (χ0n) is 14.6. The van der Waals surface area contributed by atoms with E-state index in [0.29, 0.717) is 12.5 Å². The van der Waals surface area contributed by atoms with Gasteiger partial charge in [-0.05, 0) is 19.0 Å². The SMILES string of the molecule is CN1CCN([C@@H](C(=O)N2CCCn3ncnc32)c2ccccc2)CC1. The van der Waals surface area contributed by atoms with Crippen LogP contribution in [0.15, 0.2) is 36.7 Å². The second-order valence-corrected chi connectivity index (χ2v) is 6.78. The Bertz CT molecular complexity index is 722. The van der Waals surface area contributed by atoms with Gasteiger partial charge in [-0.1, -0.05) is 30.3 Å². The molecule has 0 radical (unpaired) electrons. The summed E-state index contributed by atoms with van der Waals surface area (Å²) in [5.41, 5.74) is 1.05. The number of benzene rings is 1. The minimum absolute atomic E-state index is 0.102. The van der Waals surface area contributed by atoms with Crippen LogP contribution in [0.1, 0.15) is 18.0 Å². The van der Waals surface area contributed by atoms with E-state index in [1.54, 1.807) is 0 Å². The highest BCUT2D eigenvalue weighted by Crippen LogP contribution is 2.28. The topological polar surface area (TPSA) is 57.5 Å². The molecule has 0 aliphatic carbocycles. The molecule has 2 aliphatic rings. The molecule has 132 valence electrons. The van der Waals surface area contributed by atoms with Crippen LogP contribution in [0.3, 0.4) is 0 Å². The number of carbonyl (C=O) groups excluding carboxylic acids is 1. The first-order valence-electron chi connectivity index (χ1n) is 8.91. The minimum atomic E-state index is -0.266. The number of likely N-dealkylation sites (N-methyl/N-ethyl adjacent to an activating group) is 1. The number of amides is 1. The van der Waals surface area contributed by atoms with Gasteiger partial charge in [0.15, 0.2) is 0 Å². The number of hydrogen-bond acceptors (Lipinski definition) is 5. The first-order valence-corrected chi connectivity index (χ1v) is 8.91. The van der Waals surface area contributed by atoms with Gasteiger partial charge in [0, 0.05) is 39.3 Å². The van der Waals surface area contributed by atoms with Crippen LogP contribution < -0.4 is 4.90 Å². The normalized spacial score (nSPS) is 20.3. The molecule has 0 unspecified atom stereocenters. The maximum absolute atomic E-state index is 13.5. The monoisotopic (exact) mass is 340 g/mol. The summed E-state index contributed by atoms with van der Waals surface area (Å²) in [6.07, 6.45) is 2.45. The van der Waals surface area contributed by atoms with Gasteiger partial charge >= 0.3 is 0 Å². The number of aryl methyl sites for hydroxylation is 1. The molecule has 3 heterocycles. The molecule has 1 fully saturated rings. The highest BCUT2D eigenvalue weighted by atomic mass is 16.2. The number of rotatable bonds is 3. The van der Waals surface area contributed by atoms with Crippen molar-refractivity contribution in [3.05, 3.63) is 42.2 Å². The van der Waals surface area contributed by atoms with E-state index in [1.807, 2.05) is 27.8 Å². The highest BCUT2D eigenvalue weighted by molar-refractivity contribution is 5.96. The third-order valence-electron chi connectivity index (χ3n) is 5.11. The van der Waals surface area contributed by atoms with Crippen LogP contribution in [0.2, 0.25) is 0 Å². The summed E-state index contributed by atoms with van der Waals surface area (Å²) in [7, 11) is 2.13. The Balaban J connectivity index is 1.65. The summed E-state index contributed by atoms with van der Waals surface area (Å²) < 4.78 is 1.83. The van der Waals surface area contributed by atoms with Gasteiger partial charge in [-0.25, -0.2) is 4.68 Å². The average Bonchev–Trinajstić information content (AvgIpc) is 3.13. The molecule has 2 aliphatic heterocycles. The van der Waals surface area contributed by atoms with Crippen LogP contribution in [0, 0.1) is 0 Å². The van der Waals surface area contributed by atoms with Crippen molar-refractivity contribution in [2.45, 2.75) is 19.0 Å². The smallest absolute Gasteiger partial charge is 0.251 e. The molecule has 1 atom stereocenters. The molecular formula is C18H24N6O. The number of fused-ring (bicyclic) bond motifs is 1. The van der Waals surface area contributed by atoms with E-state index in [-0.39, 0.29) is 11.9 Å². The molecule has 0 bridgehead atoms. The van der Waals surface area contributed by atoms with Gasteiger partial charge in [0.05, 0.1) is 0 Å². The number of nitrogens with zero attached hydrogens (tertiary/aromatic N) is 6. The molecule has 1 saturated heterocycles. The summed E-state index contributed by atoms with van der Waals surface area (Å²) in [6, 6.07) is 9.84. The standard InChI is InChI=1S/C18H24N6O/c1-21-10-12-22(13-11-21)16(15-6-3-2-4-7-15)17(25)23-8-5-9-24-18(23)19-14-20-24/h2-4,6-7,14,16H,5,8-13H2,1H3/t16-/m1/s1. The third-order valence-corrected chi connectivity index (χ3v) is 5.11. The second kappa shape index (κ2) is 6.93. The Labute approximate surface area is 147 Å². The predicted molar refractivity (Wildman–Crippen MR) is 95.2 cm³/mol. The molecule has 1 amide bonds. The first-order chi connectivity index (χ1) is 12.2. The summed E-state index contributed by atoms with van der Waals surface area (Å²) >= 11 is 0. The third kappa shape index (κ3) is 3.17. The van der Waals surface area contributed by atoms with Crippen LogP contribution in [0.5, 0.6) is 0 Å². The van der Waals surface area contributed by atoms with Crippen molar-refractivity contribution in [1.29, 1.82) is 0 Å². The highest BCUT2D eigenvalue weighted by Gasteiger charge is 2.35. The lowest BCUT2D eigenvalue weighted by molar-refractivity contribution is -0.125. The average molecular weight is 340 g/mol. The van der Waals surface area contributed by atoms with Crippen molar-refractivity contribution >= 4 is 11.9 Å². The fraction of sp³-hybridized carbons (Fsp3) is 0.500. The van der Waals surface area contributed by atoms with E-state index in [9.17, 15) is 4.79 Å². The molecule has 1 aromatic heterocycles. The van der Waals surface area contributed by atoms with E-state index in [4.69, 9.17) is 0 Å². The number of hydrogen-bond donors (Lipinski definition) is 0. The van der Waals surface area contributed by atoms with Gasteiger partial charge in [0.2, 0.25) is 5.95 Å². The molecule has 4 rings (SSSR count).